The number of amides is 1. The van der Waals surface area contributed by atoms with Crippen LogP contribution in [0.25, 0.3) is 0 Å². The molecule has 2 saturated carbocycles. The third kappa shape index (κ3) is 4.03. The molecule has 0 unspecified atom stereocenters. The highest BCUT2D eigenvalue weighted by Gasteiger charge is 2.50. The van der Waals surface area contributed by atoms with Crippen molar-refractivity contribution in [1.29, 1.82) is 0 Å². The lowest BCUT2D eigenvalue weighted by Crippen LogP contribution is -2.44. The molecular formula is C21H24F3N7O. The van der Waals surface area contributed by atoms with Crippen LogP contribution >= 0.6 is 0 Å². The molecule has 0 radical (unpaired) electrons. The van der Waals surface area contributed by atoms with Crippen molar-refractivity contribution in [2.24, 2.45) is 17.8 Å². The van der Waals surface area contributed by atoms with E-state index in [4.69, 9.17) is 0 Å². The van der Waals surface area contributed by atoms with Gasteiger partial charge in [0.2, 0.25) is 11.9 Å². The predicted octanol–water partition coefficient (Wildman–Crippen LogP) is 3.34. The Hall–Kier alpha value is -3.11. The molecule has 2 bridgehead atoms. The van der Waals surface area contributed by atoms with Crippen LogP contribution in [0.3, 0.4) is 0 Å². The van der Waals surface area contributed by atoms with Crippen LogP contribution in [0.4, 0.5) is 30.6 Å². The van der Waals surface area contributed by atoms with Gasteiger partial charge < -0.3 is 16.0 Å². The van der Waals surface area contributed by atoms with Crippen molar-refractivity contribution in [2.45, 2.75) is 51.0 Å². The summed E-state index contributed by atoms with van der Waals surface area (Å²) in [5.74, 6) is -0.840. The number of aryl methyl sites for hydroxylation is 1. The Morgan fingerprint density at radius 1 is 1.22 bits per heavy atom. The summed E-state index contributed by atoms with van der Waals surface area (Å²) in [5, 5.41) is 13.0. The van der Waals surface area contributed by atoms with E-state index in [0.29, 0.717) is 12.2 Å². The first-order valence-corrected chi connectivity index (χ1v) is 10.8. The molecule has 2 fully saturated rings. The van der Waals surface area contributed by atoms with Crippen LogP contribution in [-0.4, -0.2) is 37.7 Å². The van der Waals surface area contributed by atoms with Crippen LogP contribution in [0.5, 0.6) is 0 Å². The van der Waals surface area contributed by atoms with Crippen LogP contribution in [0.1, 0.15) is 31.7 Å². The van der Waals surface area contributed by atoms with E-state index in [0.717, 1.165) is 25.5 Å². The van der Waals surface area contributed by atoms with Gasteiger partial charge in [-0.3, -0.25) is 9.48 Å². The van der Waals surface area contributed by atoms with E-state index in [-0.39, 0.29) is 35.6 Å². The number of nitrogens with zero attached hydrogens (tertiary/aromatic N) is 4. The lowest BCUT2D eigenvalue weighted by molar-refractivity contribution is -0.137. The maximum Gasteiger partial charge on any atom is 0.421 e. The Morgan fingerprint density at radius 3 is 2.69 bits per heavy atom. The summed E-state index contributed by atoms with van der Waals surface area (Å²) in [4.78, 5) is 20.8. The average molecular weight is 447 g/mol. The number of hydrogen-bond donors (Lipinski definition) is 3. The Balaban J connectivity index is 1.42. The van der Waals surface area contributed by atoms with Crippen molar-refractivity contribution in [3.05, 3.63) is 36.3 Å². The number of carbonyl (C=O) groups excluding carboxylic acids is 1. The van der Waals surface area contributed by atoms with Crippen LogP contribution in [-0.2, 0) is 17.5 Å². The van der Waals surface area contributed by atoms with E-state index in [9.17, 15) is 18.0 Å². The Kier molecular flexibility index (Phi) is 5.06. The third-order valence-corrected chi connectivity index (χ3v) is 6.30. The summed E-state index contributed by atoms with van der Waals surface area (Å²) in [6.45, 7) is 2.58. The quantitative estimate of drug-likeness (QED) is 0.564. The first-order valence-electron chi connectivity index (χ1n) is 10.8. The van der Waals surface area contributed by atoms with Crippen molar-refractivity contribution < 1.29 is 18.0 Å². The highest BCUT2D eigenvalue weighted by Crippen LogP contribution is 2.46. The Labute approximate surface area is 182 Å². The van der Waals surface area contributed by atoms with Gasteiger partial charge in [0.15, 0.2) is 0 Å². The molecule has 2 heterocycles. The number of anilines is 3. The molecule has 170 valence electrons. The molecule has 0 spiro atoms. The number of carbonyl (C=O) groups is 1. The predicted molar refractivity (Wildman–Crippen MR) is 111 cm³/mol. The fourth-order valence-electron chi connectivity index (χ4n) is 4.55. The van der Waals surface area contributed by atoms with Gasteiger partial charge in [-0.25, -0.2) is 4.98 Å². The number of allylic oxidation sites excluding steroid dienone is 1. The van der Waals surface area contributed by atoms with Gasteiger partial charge in [0.25, 0.3) is 0 Å². The second kappa shape index (κ2) is 7.79. The van der Waals surface area contributed by atoms with Crippen LogP contribution in [0, 0.1) is 17.8 Å². The van der Waals surface area contributed by atoms with Gasteiger partial charge in [-0.1, -0.05) is 12.2 Å². The van der Waals surface area contributed by atoms with Crippen LogP contribution in [0.2, 0.25) is 0 Å². The molecule has 5 rings (SSSR count). The monoisotopic (exact) mass is 447 g/mol. The fourth-order valence-corrected chi connectivity index (χ4v) is 4.55. The highest BCUT2D eigenvalue weighted by molar-refractivity contribution is 5.82. The van der Waals surface area contributed by atoms with Crippen molar-refractivity contribution in [3.8, 4) is 0 Å². The first kappa shape index (κ1) is 20.8. The van der Waals surface area contributed by atoms with Crippen LogP contribution < -0.4 is 16.0 Å². The van der Waals surface area contributed by atoms with Gasteiger partial charge in [0.05, 0.1) is 17.8 Å². The summed E-state index contributed by atoms with van der Waals surface area (Å²) in [5.41, 5.74) is -0.387. The molecule has 32 heavy (non-hydrogen) atoms. The maximum absolute atomic E-state index is 13.7. The summed E-state index contributed by atoms with van der Waals surface area (Å²) in [7, 11) is 0. The van der Waals surface area contributed by atoms with Crippen molar-refractivity contribution in [3.63, 3.8) is 0 Å². The lowest BCUT2D eigenvalue weighted by atomic mass is 9.88. The van der Waals surface area contributed by atoms with Crippen LogP contribution in [0.15, 0.2) is 30.7 Å². The number of halogens is 3. The van der Waals surface area contributed by atoms with E-state index in [1.54, 1.807) is 17.1 Å². The minimum Gasteiger partial charge on any atom is -0.365 e. The average Bonchev–Trinajstić information content (AvgIpc) is 3.13. The topological polar surface area (TPSA) is 96.8 Å². The molecule has 1 amide bonds. The van der Waals surface area contributed by atoms with Gasteiger partial charge in [-0.2, -0.15) is 23.3 Å². The van der Waals surface area contributed by atoms with E-state index < -0.39 is 23.7 Å². The van der Waals surface area contributed by atoms with E-state index in [1.807, 2.05) is 19.1 Å². The number of nitrogens with one attached hydrogen (secondary N) is 3. The number of aromatic nitrogens is 4. The standard InChI is InChI=1S/C21H24F3N7O/c1-2-31-10-14(8-26-31)28-20-25-9-15(21(22,23)24)18(30-20)29-17-12-4-3-11(7-12)16(17)19(32)27-13-5-6-13/h3-4,8-13,16-17H,2,5-7H2,1H3,(H,27,32)(H2,25,28,29,30)/t11-,12+,16+,17-/m1/s1. The van der Waals surface area contributed by atoms with E-state index in [1.165, 1.54) is 0 Å². The first-order chi connectivity index (χ1) is 15.3. The zero-order chi connectivity index (χ0) is 22.5. The zero-order valence-electron chi connectivity index (χ0n) is 17.4. The summed E-state index contributed by atoms with van der Waals surface area (Å²) >= 11 is 0. The molecule has 2 aromatic heterocycles. The van der Waals surface area contributed by atoms with Crippen molar-refractivity contribution >= 4 is 23.4 Å². The van der Waals surface area contributed by atoms with E-state index >= 15 is 0 Å². The van der Waals surface area contributed by atoms with Gasteiger partial charge in [-0.15, -0.1) is 0 Å². The fraction of sp³-hybridized carbons (Fsp3) is 0.524. The molecule has 3 aliphatic rings. The smallest absolute Gasteiger partial charge is 0.365 e. The van der Waals surface area contributed by atoms with Gasteiger partial charge in [-0.05, 0) is 38.0 Å². The van der Waals surface area contributed by atoms with Crippen molar-refractivity contribution in [1.82, 2.24) is 25.1 Å². The molecule has 0 aliphatic heterocycles. The molecular weight excluding hydrogens is 423 g/mol. The number of hydrogen-bond acceptors (Lipinski definition) is 6. The Bertz CT molecular complexity index is 1050. The molecule has 3 N–H and O–H groups in total. The van der Waals surface area contributed by atoms with Crippen molar-refractivity contribution in [2.75, 3.05) is 10.6 Å². The number of alkyl halides is 3. The molecule has 0 aromatic carbocycles. The SMILES string of the molecule is CCn1cc(Nc2ncc(C(F)(F)F)c(N[C@H]3[C@@H](C(=O)NC4CC4)[C@@H]4C=C[C@H]3C4)n2)cn1. The summed E-state index contributed by atoms with van der Waals surface area (Å²) in [6.07, 6.45) is 6.04. The maximum atomic E-state index is 13.7. The highest BCUT2D eigenvalue weighted by atomic mass is 19.4. The molecule has 11 heteroatoms. The molecule has 4 atom stereocenters. The van der Waals surface area contributed by atoms with Gasteiger partial charge in [0.1, 0.15) is 11.4 Å². The molecule has 3 aliphatic carbocycles. The number of rotatable bonds is 7. The second-order valence-electron chi connectivity index (χ2n) is 8.59. The van der Waals surface area contributed by atoms with E-state index in [2.05, 4.69) is 31.0 Å². The number of fused-ring (bicyclic) bond motifs is 2. The largest absolute Gasteiger partial charge is 0.421 e. The minimum absolute atomic E-state index is 0.0184. The van der Waals surface area contributed by atoms with Gasteiger partial charge >= 0.3 is 6.18 Å². The summed E-state index contributed by atoms with van der Waals surface area (Å²) < 4.78 is 42.8. The summed E-state index contributed by atoms with van der Waals surface area (Å²) in [6, 6.07) is -0.272. The zero-order valence-corrected chi connectivity index (χ0v) is 17.4. The lowest BCUT2D eigenvalue weighted by Gasteiger charge is -2.29. The normalized spacial score (nSPS) is 26.4. The third-order valence-electron chi connectivity index (χ3n) is 6.30. The van der Waals surface area contributed by atoms with Gasteiger partial charge in [0, 0.05) is 31.0 Å². The molecule has 8 nitrogen and oxygen atoms in total. The molecule has 0 saturated heterocycles. The Morgan fingerprint density at radius 2 is 2.00 bits per heavy atom. The molecule has 2 aromatic rings. The minimum atomic E-state index is -4.63. The second-order valence-corrected chi connectivity index (χ2v) is 8.59.